The maximum Gasteiger partial charge on any atom is 0.426 e. The molecule has 0 saturated heterocycles. The molecule has 0 fully saturated rings. The molecule has 0 aromatic heterocycles. The number of ether oxygens (including phenoxy) is 1. The van der Waals surface area contributed by atoms with Crippen LogP contribution < -0.4 is 4.74 Å². The minimum absolute atomic E-state index is 0.00436. The molecule has 0 N–H and O–H groups in total. The topological polar surface area (TPSA) is 9.23 Å². The molecule has 4 heteroatoms. The molecule has 26 heavy (non-hydrogen) atoms. The van der Waals surface area contributed by atoms with E-state index in [4.69, 9.17) is 4.74 Å². The molecule has 0 radical (unpaired) electrons. The van der Waals surface area contributed by atoms with Crippen molar-refractivity contribution in [2.45, 2.75) is 39.2 Å². The molecule has 0 amide bonds. The van der Waals surface area contributed by atoms with Gasteiger partial charge in [0.2, 0.25) is 0 Å². The number of hydrogen-bond acceptors (Lipinski definition) is 1. The smallest absolute Gasteiger partial charge is 0.426 e. The van der Waals surface area contributed by atoms with Gasteiger partial charge in [0, 0.05) is 0 Å². The Labute approximate surface area is 151 Å². The first-order valence-electron chi connectivity index (χ1n) is 8.81. The van der Waals surface area contributed by atoms with Gasteiger partial charge in [0.15, 0.2) is 0 Å². The summed E-state index contributed by atoms with van der Waals surface area (Å²) in [5.41, 5.74) is 1.41. The molecular formula is C22H21F3O. The zero-order valence-corrected chi connectivity index (χ0v) is 14.9. The normalized spacial score (nSPS) is 11.7. The van der Waals surface area contributed by atoms with E-state index in [1.807, 2.05) is 13.8 Å². The minimum atomic E-state index is -3.46. The summed E-state index contributed by atoms with van der Waals surface area (Å²) in [5.74, 6) is -0.317. The molecule has 0 atom stereocenters. The van der Waals surface area contributed by atoms with Crippen LogP contribution in [0.15, 0.2) is 54.6 Å². The summed E-state index contributed by atoms with van der Waals surface area (Å²) in [4.78, 5) is 0. The Bertz CT molecular complexity index is 901. The van der Waals surface area contributed by atoms with Gasteiger partial charge in [-0.1, -0.05) is 38.5 Å². The zero-order chi connectivity index (χ0) is 18.7. The zero-order valence-electron chi connectivity index (χ0n) is 14.9. The van der Waals surface area contributed by atoms with Crippen LogP contribution in [0, 0.1) is 5.82 Å². The van der Waals surface area contributed by atoms with E-state index in [1.54, 1.807) is 24.3 Å². The van der Waals surface area contributed by atoms with Crippen molar-refractivity contribution in [2.24, 2.45) is 0 Å². The first-order valence-corrected chi connectivity index (χ1v) is 8.81. The Morgan fingerprint density at radius 1 is 0.885 bits per heavy atom. The quantitative estimate of drug-likeness (QED) is 0.481. The fraction of sp³-hybridized carbons (Fsp3) is 0.273. The third-order valence-electron chi connectivity index (χ3n) is 4.44. The van der Waals surface area contributed by atoms with E-state index in [1.165, 1.54) is 30.3 Å². The fourth-order valence-corrected chi connectivity index (χ4v) is 2.96. The van der Waals surface area contributed by atoms with E-state index in [0.717, 1.165) is 23.8 Å². The highest BCUT2D eigenvalue weighted by atomic mass is 19.3. The maximum atomic E-state index is 14.4. The van der Waals surface area contributed by atoms with Crippen molar-refractivity contribution in [3.05, 3.63) is 77.1 Å². The van der Waals surface area contributed by atoms with Gasteiger partial charge in [0.1, 0.15) is 11.6 Å². The molecule has 0 bridgehead atoms. The van der Waals surface area contributed by atoms with Crippen LogP contribution in [0.2, 0.25) is 0 Å². The Morgan fingerprint density at radius 2 is 1.62 bits per heavy atom. The molecule has 0 spiro atoms. The van der Waals surface area contributed by atoms with Gasteiger partial charge in [-0.25, -0.2) is 4.39 Å². The maximum absolute atomic E-state index is 14.4. The molecule has 3 aromatic rings. The summed E-state index contributed by atoms with van der Waals surface area (Å²) >= 11 is 0. The molecule has 0 aliphatic heterocycles. The number of alkyl halides is 2. The van der Waals surface area contributed by atoms with Crippen molar-refractivity contribution in [3.8, 4) is 5.75 Å². The lowest BCUT2D eigenvalue weighted by atomic mass is 10.0. The van der Waals surface area contributed by atoms with Crippen molar-refractivity contribution in [1.82, 2.24) is 0 Å². The number of halogens is 3. The van der Waals surface area contributed by atoms with Crippen molar-refractivity contribution >= 4 is 10.8 Å². The summed E-state index contributed by atoms with van der Waals surface area (Å²) in [5, 5.41) is 1.34. The van der Waals surface area contributed by atoms with E-state index in [-0.39, 0.29) is 17.1 Å². The van der Waals surface area contributed by atoms with Crippen LogP contribution in [0.25, 0.3) is 10.8 Å². The lowest BCUT2D eigenvalue weighted by molar-refractivity contribution is -0.185. The number of hydrogen-bond donors (Lipinski definition) is 0. The van der Waals surface area contributed by atoms with Crippen LogP contribution in [0.5, 0.6) is 5.75 Å². The minimum Gasteiger partial charge on any atom is -0.429 e. The lowest BCUT2D eigenvalue weighted by Crippen LogP contribution is -2.21. The van der Waals surface area contributed by atoms with E-state index in [0.29, 0.717) is 17.4 Å². The van der Waals surface area contributed by atoms with Gasteiger partial charge in [0.25, 0.3) is 0 Å². The van der Waals surface area contributed by atoms with Crippen molar-refractivity contribution < 1.29 is 17.9 Å². The largest absolute Gasteiger partial charge is 0.429 e. The summed E-state index contributed by atoms with van der Waals surface area (Å²) < 4.78 is 47.9. The Kier molecular flexibility index (Phi) is 5.21. The molecule has 136 valence electrons. The third-order valence-corrected chi connectivity index (χ3v) is 4.44. The van der Waals surface area contributed by atoms with Crippen LogP contribution >= 0.6 is 0 Å². The second-order valence-electron chi connectivity index (χ2n) is 6.37. The first-order chi connectivity index (χ1) is 12.4. The molecule has 0 aliphatic carbocycles. The highest BCUT2D eigenvalue weighted by molar-refractivity contribution is 5.84. The molecule has 3 rings (SSSR count). The van der Waals surface area contributed by atoms with Gasteiger partial charge >= 0.3 is 6.11 Å². The van der Waals surface area contributed by atoms with Crippen LogP contribution in [0.4, 0.5) is 13.2 Å². The van der Waals surface area contributed by atoms with E-state index in [2.05, 4.69) is 0 Å². The summed E-state index contributed by atoms with van der Waals surface area (Å²) in [6.45, 7) is 3.94. The molecule has 0 heterocycles. The average Bonchev–Trinajstić information content (AvgIpc) is 2.62. The molecule has 0 aliphatic rings. The van der Waals surface area contributed by atoms with Crippen molar-refractivity contribution in [2.75, 3.05) is 0 Å². The van der Waals surface area contributed by atoms with Crippen molar-refractivity contribution in [3.63, 3.8) is 0 Å². The average molecular weight is 358 g/mol. The Morgan fingerprint density at radius 3 is 2.27 bits per heavy atom. The first kappa shape index (κ1) is 18.3. The second-order valence-corrected chi connectivity index (χ2v) is 6.37. The molecular weight excluding hydrogens is 337 g/mol. The summed E-state index contributed by atoms with van der Waals surface area (Å²) in [7, 11) is 0. The van der Waals surface area contributed by atoms with Crippen LogP contribution in [0.3, 0.4) is 0 Å². The predicted octanol–water partition coefficient (Wildman–Crippen LogP) is 6.62. The summed E-state index contributed by atoms with van der Waals surface area (Å²) in [6, 6.07) is 13.8. The highest BCUT2D eigenvalue weighted by Crippen LogP contribution is 2.33. The van der Waals surface area contributed by atoms with Gasteiger partial charge in [-0.3, -0.25) is 0 Å². The molecule has 3 aromatic carbocycles. The fourth-order valence-electron chi connectivity index (χ4n) is 2.96. The van der Waals surface area contributed by atoms with E-state index in [9.17, 15) is 13.2 Å². The highest BCUT2D eigenvalue weighted by Gasteiger charge is 2.34. The Hall–Kier alpha value is -2.49. The van der Waals surface area contributed by atoms with Gasteiger partial charge in [-0.15, -0.1) is 0 Å². The van der Waals surface area contributed by atoms with E-state index < -0.39 is 6.11 Å². The molecule has 0 unspecified atom stereocenters. The van der Waals surface area contributed by atoms with E-state index >= 15 is 0 Å². The van der Waals surface area contributed by atoms with Crippen LogP contribution in [-0.4, -0.2) is 0 Å². The standard InChI is InChI=1S/C22H21F3O/c1-3-5-17-12-16-8-11-20(13-18(16)14-21(17)23)26-22(24,25)19-9-6-15(4-2)7-10-19/h6-14H,3-5H2,1-2H3. The second kappa shape index (κ2) is 7.40. The molecule has 0 saturated carbocycles. The predicted molar refractivity (Wildman–Crippen MR) is 98.2 cm³/mol. The lowest BCUT2D eigenvalue weighted by Gasteiger charge is -2.19. The third kappa shape index (κ3) is 3.85. The van der Waals surface area contributed by atoms with Crippen LogP contribution in [0.1, 0.15) is 37.0 Å². The van der Waals surface area contributed by atoms with Gasteiger partial charge in [-0.05, 0) is 71.1 Å². The van der Waals surface area contributed by atoms with Crippen molar-refractivity contribution in [1.29, 1.82) is 0 Å². The van der Waals surface area contributed by atoms with Crippen LogP contribution in [-0.2, 0) is 19.0 Å². The Balaban J connectivity index is 1.88. The number of fused-ring (bicyclic) bond motifs is 1. The van der Waals surface area contributed by atoms with Gasteiger partial charge < -0.3 is 4.74 Å². The SMILES string of the molecule is CCCc1cc2ccc(OC(F)(F)c3ccc(CC)cc3)cc2cc1F. The number of rotatable bonds is 6. The summed E-state index contributed by atoms with van der Waals surface area (Å²) in [6.07, 6.45) is -1.19. The number of benzene rings is 3. The van der Waals surface area contributed by atoms with Gasteiger partial charge in [0.05, 0.1) is 5.56 Å². The monoisotopic (exact) mass is 358 g/mol. The molecule has 1 nitrogen and oxygen atoms in total. The number of aryl methyl sites for hydroxylation is 2. The van der Waals surface area contributed by atoms with Gasteiger partial charge in [-0.2, -0.15) is 8.78 Å².